The number of alkyl halides is 3. The molecule has 0 aromatic carbocycles. The Balaban J connectivity index is 0. The summed E-state index contributed by atoms with van der Waals surface area (Å²) >= 11 is 0. The minimum Gasteiger partial charge on any atom is -0.320 e. The molecule has 0 radical (unpaired) electrons. The molecule has 0 fully saturated rings. The maximum Gasteiger partial charge on any atom is 0.355 e. The Labute approximate surface area is 91.0 Å². The molecule has 0 spiro atoms. The maximum absolute atomic E-state index is 12.7. The molecule has 0 aromatic heterocycles. The van der Waals surface area contributed by atoms with E-state index in [4.69, 9.17) is 0 Å². The second kappa shape index (κ2) is 11.8. The first-order chi connectivity index (χ1) is 7.12. The van der Waals surface area contributed by atoms with Crippen LogP contribution in [-0.4, -0.2) is 19.9 Å². The molecule has 4 heteroatoms. The van der Waals surface area contributed by atoms with E-state index >= 15 is 0 Å². The van der Waals surface area contributed by atoms with Gasteiger partial charge in [-0.3, -0.25) is 4.39 Å². The van der Waals surface area contributed by atoms with Crippen LogP contribution in [0.5, 0.6) is 0 Å². The van der Waals surface area contributed by atoms with Gasteiger partial charge < -0.3 is 4.74 Å². The normalized spacial score (nSPS) is 10.8. The van der Waals surface area contributed by atoms with Crippen molar-refractivity contribution in [2.24, 2.45) is 0 Å². The molecule has 0 N–H and O–H groups in total. The summed E-state index contributed by atoms with van der Waals surface area (Å²) < 4.78 is 39.4. The summed E-state index contributed by atoms with van der Waals surface area (Å²) in [5, 5.41) is 0. The summed E-state index contributed by atoms with van der Waals surface area (Å²) in [6, 6.07) is 0. The van der Waals surface area contributed by atoms with E-state index in [1.165, 1.54) is 0 Å². The van der Waals surface area contributed by atoms with E-state index < -0.39 is 6.11 Å². The fraction of sp³-hybridized carbons (Fsp3) is 1.00. The molecular formula is C11H23F3O. The van der Waals surface area contributed by atoms with Crippen LogP contribution in [-0.2, 0) is 4.74 Å². The summed E-state index contributed by atoms with van der Waals surface area (Å²) in [5.41, 5.74) is 0. The molecule has 1 nitrogen and oxygen atoms in total. The molecule has 0 atom stereocenters. The van der Waals surface area contributed by atoms with Crippen molar-refractivity contribution in [2.75, 3.05) is 13.8 Å². The lowest BCUT2D eigenvalue weighted by atomic mass is 10.2. The molecule has 0 unspecified atom stereocenters. The highest BCUT2D eigenvalue weighted by molar-refractivity contribution is 4.51. The molecule has 0 aliphatic heterocycles. The average molecular weight is 228 g/mol. The van der Waals surface area contributed by atoms with E-state index in [9.17, 15) is 13.2 Å². The monoisotopic (exact) mass is 228 g/mol. The Hall–Kier alpha value is -0.250. The predicted octanol–water partition coefficient (Wildman–Crippen LogP) is 4.56. The Kier molecular flexibility index (Phi) is 13.5. The molecule has 0 saturated carbocycles. The summed E-state index contributed by atoms with van der Waals surface area (Å²) in [4.78, 5) is 0. The van der Waals surface area contributed by atoms with Crippen molar-refractivity contribution in [3.63, 3.8) is 0 Å². The molecule has 0 aliphatic rings. The van der Waals surface area contributed by atoms with Gasteiger partial charge in [0.2, 0.25) is 0 Å². The fourth-order valence-corrected chi connectivity index (χ4v) is 1.11. The van der Waals surface area contributed by atoms with E-state index in [0.717, 1.165) is 25.7 Å². The van der Waals surface area contributed by atoms with E-state index in [1.54, 1.807) is 6.92 Å². The van der Waals surface area contributed by atoms with Crippen molar-refractivity contribution in [3.8, 4) is 0 Å². The smallest absolute Gasteiger partial charge is 0.320 e. The van der Waals surface area contributed by atoms with Gasteiger partial charge in [-0.2, -0.15) is 8.78 Å². The van der Waals surface area contributed by atoms with Gasteiger partial charge in [-0.25, -0.2) is 0 Å². The molecule has 0 aliphatic carbocycles. The standard InChI is InChI=1S/C10H20F2O.CH3F/c1-3-5-6-7-9-13-10(11,12)8-4-2;1-2/h3-9H2,1-2H3;1H3. The molecule has 94 valence electrons. The van der Waals surface area contributed by atoms with Gasteiger partial charge in [0.05, 0.1) is 13.8 Å². The van der Waals surface area contributed by atoms with Gasteiger partial charge in [0.1, 0.15) is 0 Å². The van der Waals surface area contributed by atoms with Gasteiger partial charge in [0, 0.05) is 6.42 Å². The molecule has 0 bridgehead atoms. The van der Waals surface area contributed by atoms with Crippen LogP contribution in [0, 0.1) is 0 Å². The van der Waals surface area contributed by atoms with Gasteiger partial charge in [0.15, 0.2) is 0 Å². The highest BCUT2D eigenvalue weighted by Crippen LogP contribution is 2.21. The average Bonchev–Trinajstić information content (AvgIpc) is 2.20. The van der Waals surface area contributed by atoms with E-state index in [-0.39, 0.29) is 13.0 Å². The Morgan fingerprint density at radius 1 is 0.933 bits per heavy atom. The van der Waals surface area contributed by atoms with Crippen molar-refractivity contribution in [3.05, 3.63) is 0 Å². The number of rotatable bonds is 8. The van der Waals surface area contributed by atoms with Crippen LogP contribution in [0.3, 0.4) is 0 Å². The fourth-order valence-electron chi connectivity index (χ4n) is 1.11. The molecule has 0 rings (SSSR count). The van der Waals surface area contributed by atoms with Crippen LogP contribution in [0.1, 0.15) is 52.4 Å². The Morgan fingerprint density at radius 3 is 2.00 bits per heavy atom. The third-order valence-electron chi connectivity index (χ3n) is 1.85. The quantitative estimate of drug-likeness (QED) is 0.553. The number of unbranched alkanes of at least 4 members (excludes halogenated alkanes) is 3. The second-order valence-corrected chi connectivity index (χ2v) is 3.30. The molecule has 0 aromatic rings. The van der Waals surface area contributed by atoms with Crippen molar-refractivity contribution >= 4 is 0 Å². The molecule has 0 heterocycles. The first-order valence-electron chi connectivity index (χ1n) is 5.52. The zero-order valence-electron chi connectivity index (χ0n) is 9.99. The molecule has 0 amide bonds. The van der Waals surface area contributed by atoms with Gasteiger partial charge in [-0.05, 0) is 12.8 Å². The van der Waals surface area contributed by atoms with Crippen molar-refractivity contribution < 1.29 is 17.9 Å². The molecule has 15 heavy (non-hydrogen) atoms. The summed E-state index contributed by atoms with van der Waals surface area (Å²) in [5.74, 6) is 0. The van der Waals surface area contributed by atoms with E-state index in [2.05, 4.69) is 11.7 Å². The lowest BCUT2D eigenvalue weighted by molar-refractivity contribution is -0.242. The maximum atomic E-state index is 12.7. The number of hydrogen-bond acceptors (Lipinski definition) is 1. The second-order valence-electron chi connectivity index (χ2n) is 3.30. The number of hydrogen-bond donors (Lipinski definition) is 0. The Morgan fingerprint density at radius 2 is 1.53 bits per heavy atom. The minimum absolute atomic E-state index is 0.166. The largest absolute Gasteiger partial charge is 0.355 e. The third kappa shape index (κ3) is 13.8. The van der Waals surface area contributed by atoms with Gasteiger partial charge in [-0.15, -0.1) is 0 Å². The van der Waals surface area contributed by atoms with Crippen LogP contribution in [0.25, 0.3) is 0 Å². The van der Waals surface area contributed by atoms with Crippen LogP contribution < -0.4 is 0 Å². The highest BCUT2D eigenvalue weighted by atomic mass is 19.3. The van der Waals surface area contributed by atoms with Crippen LogP contribution >= 0.6 is 0 Å². The summed E-state index contributed by atoms with van der Waals surface area (Å²) in [6.45, 7) is 4.01. The summed E-state index contributed by atoms with van der Waals surface area (Å²) in [7, 11) is 0.500. The molecular weight excluding hydrogens is 205 g/mol. The lowest BCUT2D eigenvalue weighted by Crippen LogP contribution is -2.20. The van der Waals surface area contributed by atoms with Gasteiger partial charge >= 0.3 is 6.11 Å². The Bertz CT molecular complexity index is 118. The summed E-state index contributed by atoms with van der Waals surface area (Å²) in [6.07, 6.45) is 1.34. The van der Waals surface area contributed by atoms with Crippen molar-refractivity contribution in [2.45, 2.75) is 58.5 Å². The van der Waals surface area contributed by atoms with E-state index in [0.29, 0.717) is 13.6 Å². The first-order valence-corrected chi connectivity index (χ1v) is 5.52. The van der Waals surface area contributed by atoms with Crippen LogP contribution in [0.4, 0.5) is 13.2 Å². The number of ether oxygens (including phenoxy) is 1. The lowest BCUT2D eigenvalue weighted by Gasteiger charge is -2.15. The van der Waals surface area contributed by atoms with Crippen molar-refractivity contribution in [1.82, 2.24) is 0 Å². The zero-order valence-corrected chi connectivity index (χ0v) is 9.99. The topological polar surface area (TPSA) is 9.23 Å². The predicted molar refractivity (Wildman–Crippen MR) is 57.0 cm³/mol. The van der Waals surface area contributed by atoms with Gasteiger partial charge in [-0.1, -0.05) is 33.1 Å². The van der Waals surface area contributed by atoms with Gasteiger partial charge in [0.25, 0.3) is 0 Å². The number of halogens is 3. The van der Waals surface area contributed by atoms with Crippen LogP contribution in [0.15, 0.2) is 0 Å². The first kappa shape index (κ1) is 17.2. The highest BCUT2D eigenvalue weighted by Gasteiger charge is 2.27. The van der Waals surface area contributed by atoms with Crippen LogP contribution in [0.2, 0.25) is 0 Å². The van der Waals surface area contributed by atoms with E-state index in [1.807, 2.05) is 0 Å². The minimum atomic E-state index is -2.90. The third-order valence-corrected chi connectivity index (χ3v) is 1.85. The SMILES string of the molecule is CCCCCCOC(F)(F)CCC.CF. The van der Waals surface area contributed by atoms with Crippen molar-refractivity contribution in [1.29, 1.82) is 0 Å². The zero-order chi connectivity index (χ0) is 12.2. The molecule has 0 saturated heterocycles.